The molecule has 0 saturated carbocycles. The number of carbonyl (C=O) groups is 1. The second-order valence-corrected chi connectivity index (χ2v) is 11.2. The molecule has 0 spiro atoms. The molecular formula is C25H33N3O4S2. The molecule has 1 amide bonds. The van der Waals surface area contributed by atoms with Gasteiger partial charge in [0.1, 0.15) is 0 Å². The molecule has 7 nitrogen and oxygen atoms in total. The average Bonchev–Trinajstić information content (AvgIpc) is 3.14. The summed E-state index contributed by atoms with van der Waals surface area (Å²) in [4.78, 5) is 18.2. The van der Waals surface area contributed by atoms with Gasteiger partial charge < -0.3 is 9.30 Å². The molecular weight excluding hydrogens is 470 g/mol. The van der Waals surface area contributed by atoms with Crippen molar-refractivity contribution in [2.45, 2.75) is 52.0 Å². The Morgan fingerprint density at radius 1 is 1.09 bits per heavy atom. The second kappa shape index (κ2) is 11.4. The van der Waals surface area contributed by atoms with Gasteiger partial charge in [0.2, 0.25) is 10.0 Å². The third kappa shape index (κ3) is 5.66. The van der Waals surface area contributed by atoms with E-state index in [4.69, 9.17) is 4.74 Å². The first kappa shape index (κ1) is 26.3. The van der Waals surface area contributed by atoms with Crippen LogP contribution in [0.2, 0.25) is 0 Å². The molecule has 3 rings (SSSR count). The number of aromatic nitrogens is 1. The number of rotatable bonds is 10. The molecule has 1 aromatic heterocycles. The largest absolute Gasteiger partial charge is 0.383 e. The normalized spacial score (nSPS) is 12.7. The molecule has 2 aromatic carbocycles. The minimum Gasteiger partial charge on any atom is -0.383 e. The number of hydrogen-bond donors (Lipinski definition) is 0. The highest BCUT2D eigenvalue weighted by Gasteiger charge is 2.23. The van der Waals surface area contributed by atoms with Gasteiger partial charge in [0.15, 0.2) is 4.80 Å². The van der Waals surface area contributed by atoms with Crippen molar-refractivity contribution in [3.05, 3.63) is 57.9 Å². The summed E-state index contributed by atoms with van der Waals surface area (Å²) in [5, 5.41) is 0. The van der Waals surface area contributed by atoms with E-state index in [0.717, 1.165) is 34.2 Å². The first-order valence-electron chi connectivity index (χ1n) is 11.5. The second-order valence-electron chi connectivity index (χ2n) is 8.30. The van der Waals surface area contributed by atoms with E-state index < -0.39 is 15.9 Å². The van der Waals surface area contributed by atoms with Crippen LogP contribution in [0.4, 0.5) is 0 Å². The predicted octanol–water partition coefficient (Wildman–Crippen LogP) is 4.52. The number of methoxy groups -OCH3 is 1. The number of ether oxygens (including phenoxy) is 1. The number of carbonyl (C=O) groups excluding carboxylic acids is 1. The highest BCUT2D eigenvalue weighted by molar-refractivity contribution is 7.89. The fourth-order valence-electron chi connectivity index (χ4n) is 3.92. The van der Waals surface area contributed by atoms with Gasteiger partial charge in [0.25, 0.3) is 5.91 Å². The number of fused-ring (bicyclic) bond motifs is 1. The lowest BCUT2D eigenvalue weighted by molar-refractivity contribution is 0.0997. The third-order valence-electron chi connectivity index (χ3n) is 5.52. The highest BCUT2D eigenvalue weighted by Crippen LogP contribution is 2.24. The smallest absolute Gasteiger partial charge is 0.279 e. The lowest BCUT2D eigenvalue weighted by atomic mass is 10.1. The van der Waals surface area contributed by atoms with E-state index in [0.29, 0.717) is 36.6 Å². The van der Waals surface area contributed by atoms with E-state index in [2.05, 4.69) is 24.0 Å². The van der Waals surface area contributed by atoms with E-state index in [-0.39, 0.29) is 4.90 Å². The van der Waals surface area contributed by atoms with Crippen LogP contribution >= 0.6 is 11.3 Å². The van der Waals surface area contributed by atoms with Crippen LogP contribution in [-0.4, -0.2) is 50.0 Å². The quantitative estimate of drug-likeness (QED) is 0.407. The molecule has 3 aromatic rings. The van der Waals surface area contributed by atoms with Gasteiger partial charge in [-0.25, -0.2) is 8.42 Å². The van der Waals surface area contributed by atoms with Crippen LogP contribution in [0.25, 0.3) is 10.2 Å². The molecule has 0 radical (unpaired) electrons. The number of sulfonamides is 1. The topological polar surface area (TPSA) is 81.0 Å². The van der Waals surface area contributed by atoms with E-state index in [1.165, 1.54) is 39.9 Å². The predicted molar refractivity (Wildman–Crippen MR) is 137 cm³/mol. The Morgan fingerprint density at radius 2 is 1.74 bits per heavy atom. The van der Waals surface area contributed by atoms with Gasteiger partial charge in [0.05, 0.1) is 21.7 Å². The summed E-state index contributed by atoms with van der Waals surface area (Å²) < 4.78 is 35.8. The Labute approximate surface area is 205 Å². The van der Waals surface area contributed by atoms with Crippen LogP contribution in [-0.2, 0) is 21.3 Å². The van der Waals surface area contributed by atoms with Crippen molar-refractivity contribution < 1.29 is 17.9 Å². The van der Waals surface area contributed by atoms with E-state index in [1.54, 1.807) is 7.11 Å². The zero-order chi connectivity index (χ0) is 24.9. The van der Waals surface area contributed by atoms with Crippen LogP contribution in [0.5, 0.6) is 0 Å². The Balaban J connectivity index is 1.98. The van der Waals surface area contributed by atoms with Gasteiger partial charge in [-0.15, -0.1) is 0 Å². The Kier molecular flexibility index (Phi) is 8.81. The summed E-state index contributed by atoms with van der Waals surface area (Å²) in [7, 11) is -1.95. The maximum atomic E-state index is 13.0. The number of amides is 1. The van der Waals surface area contributed by atoms with Gasteiger partial charge in [-0.3, -0.25) is 4.79 Å². The fourth-order valence-corrected chi connectivity index (χ4v) is 6.65. The zero-order valence-corrected chi connectivity index (χ0v) is 22.1. The molecule has 0 aliphatic heterocycles. The molecule has 0 aliphatic rings. The van der Waals surface area contributed by atoms with Gasteiger partial charge in [-0.05, 0) is 68.1 Å². The molecule has 0 fully saturated rings. The zero-order valence-electron chi connectivity index (χ0n) is 20.5. The minimum atomic E-state index is -3.59. The summed E-state index contributed by atoms with van der Waals surface area (Å²) in [6.45, 7) is 10.0. The fraction of sp³-hybridized carbons (Fsp3) is 0.440. The Hall–Kier alpha value is -2.33. The minimum absolute atomic E-state index is 0.189. The van der Waals surface area contributed by atoms with Gasteiger partial charge >= 0.3 is 0 Å². The number of thiazole rings is 1. The standard InChI is InChI=1S/C25H33N3O4S2/c1-6-12-27(13-7-2)34(30,31)21-10-8-20(9-11-21)24(29)26-25-28(14-15-32-5)22-17-18(3)16-19(4)23(22)33-25/h8-11,16-17H,6-7,12-15H2,1-5H3. The maximum Gasteiger partial charge on any atom is 0.279 e. The molecule has 1 heterocycles. The first-order chi connectivity index (χ1) is 16.2. The average molecular weight is 504 g/mol. The lowest BCUT2D eigenvalue weighted by Crippen LogP contribution is -2.32. The molecule has 0 aliphatic carbocycles. The molecule has 0 bridgehead atoms. The van der Waals surface area contributed by atoms with Crippen molar-refractivity contribution in [1.82, 2.24) is 8.87 Å². The molecule has 184 valence electrons. The van der Waals surface area contributed by atoms with Gasteiger partial charge in [0, 0.05) is 32.3 Å². The molecule has 0 unspecified atom stereocenters. The van der Waals surface area contributed by atoms with Crippen molar-refractivity contribution in [3.63, 3.8) is 0 Å². The highest BCUT2D eigenvalue weighted by atomic mass is 32.2. The summed E-state index contributed by atoms with van der Waals surface area (Å²) in [6, 6.07) is 10.3. The summed E-state index contributed by atoms with van der Waals surface area (Å²) in [5.74, 6) is -0.407. The molecule has 9 heteroatoms. The summed E-state index contributed by atoms with van der Waals surface area (Å²) >= 11 is 1.47. The van der Waals surface area contributed by atoms with Crippen LogP contribution in [0.1, 0.15) is 48.2 Å². The van der Waals surface area contributed by atoms with Crippen molar-refractivity contribution in [3.8, 4) is 0 Å². The molecule has 0 atom stereocenters. The first-order valence-corrected chi connectivity index (χ1v) is 13.8. The number of nitrogens with zero attached hydrogens (tertiary/aromatic N) is 3. The summed E-state index contributed by atoms with van der Waals surface area (Å²) in [5.41, 5.74) is 3.65. The van der Waals surface area contributed by atoms with Crippen molar-refractivity contribution in [1.29, 1.82) is 0 Å². The maximum absolute atomic E-state index is 13.0. The van der Waals surface area contributed by atoms with Crippen molar-refractivity contribution in [2.75, 3.05) is 26.8 Å². The van der Waals surface area contributed by atoms with Crippen LogP contribution in [0.15, 0.2) is 46.3 Å². The van der Waals surface area contributed by atoms with Crippen molar-refractivity contribution >= 4 is 37.5 Å². The van der Waals surface area contributed by atoms with Crippen LogP contribution < -0.4 is 4.80 Å². The van der Waals surface area contributed by atoms with E-state index >= 15 is 0 Å². The third-order valence-corrected chi connectivity index (χ3v) is 8.66. The van der Waals surface area contributed by atoms with E-state index in [1.807, 2.05) is 25.3 Å². The Bertz CT molecular complexity index is 1320. The molecule has 0 saturated heterocycles. The van der Waals surface area contributed by atoms with Crippen molar-refractivity contribution in [2.24, 2.45) is 4.99 Å². The van der Waals surface area contributed by atoms with Gasteiger partial charge in [-0.2, -0.15) is 9.30 Å². The summed E-state index contributed by atoms with van der Waals surface area (Å²) in [6.07, 6.45) is 1.48. The lowest BCUT2D eigenvalue weighted by Gasteiger charge is -2.21. The van der Waals surface area contributed by atoms with E-state index in [9.17, 15) is 13.2 Å². The monoisotopic (exact) mass is 503 g/mol. The van der Waals surface area contributed by atoms with Gasteiger partial charge in [-0.1, -0.05) is 31.3 Å². The molecule has 0 N–H and O–H groups in total. The SMILES string of the molecule is CCCN(CCC)S(=O)(=O)c1ccc(C(=O)N=c2sc3c(C)cc(C)cc3n2CCOC)cc1. The Morgan fingerprint density at radius 3 is 2.32 bits per heavy atom. The number of aryl methyl sites for hydroxylation is 2. The number of hydrogen-bond acceptors (Lipinski definition) is 5. The number of benzene rings is 2. The van der Waals surface area contributed by atoms with Crippen LogP contribution in [0, 0.1) is 13.8 Å². The van der Waals surface area contributed by atoms with Crippen LogP contribution in [0.3, 0.4) is 0 Å². The molecule has 34 heavy (non-hydrogen) atoms.